The third kappa shape index (κ3) is 2.90. The number of benzene rings is 2. The standard InChI is InChI=1S/C18H14ClFN2O2/c1-10-3-5-12(8-15(10)19)21-18(24)14-9-22(2)16-6-4-11(20)7-13(16)17(14)23/h3-9H,1-2H3,(H,21,24). The van der Waals surface area contributed by atoms with E-state index in [0.717, 1.165) is 11.6 Å². The average Bonchev–Trinajstić information content (AvgIpc) is 2.54. The minimum Gasteiger partial charge on any atom is -0.350 e. The Morgan fingerprint density at radius 3 is 2.67 bits per heavy atom. The molecule has 4 nitrogen and oxygen atoms in total. The molecule has 0 saturated carbocycles. The van der Waals surface area contributed by atoms with E-state index in [1.54, 1.807) is 29.8 Å². The molecule has 0 spiro atoms. The van der Waals surface area contributed by atoms with Crippen LogP contribution in [0.2, 0.25) is 5.02 Å². The van der Waals surface area contributed by atoms with Crippen molar-refractivity contribution in [3.63, 3.8) is 0 Å². The van der Waals surface area contributed by atoms with Gasteiger partial charge in [0.1, 0.15) is 11.4 Å². The van der Waals surface area contributed by atoms with Crippen molar-refractivity contribution >= 4 is 34.1 Å². The summed E-state index contributed by atoms with van der Waals surface area (Å²) in [6.45, 7) is 1.85. The fourth-order valence-corrected chi connectivity index (χ4v) is 2.68. The van der Waals surface area contributed by atoms with Crippen molar-refractivity contribution < 1.29 is 9.18 Å². The van der Waals surface area contributed by atoms with Crippen molar-refractivity contribution in [3.05, 3.63) is 74.8 Å². The van der Waals surface area contributed by atoms with Crippen molar-refractivity contribution in [2.24, 2.45) is 7.05 Å². The molecule has 1 N–H and O–H groups in total. The van der Waals surface area contributed by atoms with E-state index in [2.05, 4.69) is 5.32 Å². The summed E-state index contributed by atoms with van der Waals surface area (Å²) in [7, 11) is 1.69. The zero-order chi connectivity index (χ0) is 17.4. The number of pyridine rings is 1. The van der Waals surface area contributed by atoms with Gasteiger partial charge in [-0.3, -0.25) is 9.59 Å². The molecule has 0 saturated heterocycles. The van der Waals surface area contributed by atoms with E-state index in [1.165, 1.54) is 18.3 Å². The number of nitrogens with one attached hydrogen (secondary N) is 1. The number of aromatic nitrogens is 1. The molecule has 2 aromatic carbocycles. The molecule has 24 heavy (non-hydrogen) atoms. The number of anilines is 1. The third-order valence-corrected chi connectivity index (χ3v) is 4.23. The lowest BCUT2D eigenvalue weighted by molar-refractivity contribution is 0.102. The van der Waals surface area contributed by atoms with Crippen LogP contribution in [0.15, 0.2) is 47.4 Å². The number of carbonyl (C=O) groups excluding carboxylic acids is 1. The summed E-state index contributed by atoms with van der Waals surface area (Å²) in [5.41, 5.74) is 1.34. The molecule has 0 bridgehead atoms. The van der Waals surface area contributed by atoms with Gasteiger partial charge < -0.3 is 9.88 Å². The number of fused-ring (bicyclic) bond motifs is 1. The lowest BCUT2D eigenvalue weighted by atomic mass is 10.1. The first-order valence-corrected chi connectivity index (χ1v) is 7.61. The van der Waals surface area contributed by atoms with Gasteiger partial charge in [-0.2, -0.15) is 0 Å². The van der Waals surface area contributed by atoms with E-state index < -0.39 is 17.2 Å². The average molecular weight is 345 g/mol. The molecule has 0 atom stereocenters. The normalized spacial score (nSPS) is 10.8. The molecule has 122 valence electrons. The van der Waals surface area contributed by atoms with Crippen LogP contribution in [0.3, 0.4) is 0 Å². The monoisotopic (exact) mass is 344 g/mol. The number of nitrogens with zero attached hydrogens (tertiary/aromatic N) is 1. The molecule has 0 fully saturated rings. The maximum Gasteiger partial charge on any atom is 0.261 e. The van der Waals surface area contributed by atoms with Crippen molar-refractivity contribution in [2.45, 2.75) is 6.92 Å². The second-order valence-electron chi connectivity index (χ2n) is 5.56. The highest BCUT2D eigenvalue weighted by molar-refractivity contribution is 6.31. The van der Waals surface area contributed by atoms with Crippen molar-refractivity contribution in [1.82, 2.24) is 4.57 Å². The maximum atomic E-state index is 13.4. The summed E-state index contributed by atoms with van der Waals surface area (Å²) < 4.78 is 15.1. The SMILES string of the molecule is Cc1ccc(NC(=O)c2cn(C)c3ccc(F)cc3c2=O)cc1Cl. The first kappa shape index (κ1) is 16.2. The predicted octanol–water partition coefficient (Wildman–Crippen LogP) is 3.89. The van der Waals surface area contributed by atoms with Gasteiger partial charge in [0.25, 0.3) is 5.91 Å². The van der Waals surface area contributed by atoms with Gasteiger partial charge in [0.15, 0.2) is 0 Å². The van der Waals surface area contributed by atoms with Crippen molar-refractivity contribution in [2.75, 3.05) is 5.32 Å². The Morgan fingerprint density at radius 1 is 1.21 bits per heavy atom. The Morgan fingerprint density at radius 2 is 1.96 bits per heavy atom. The molecule has 0 unspecified atom stereocenters. The molecule has 6 heteroatoms. The summed E-state index contributed by atoms with van der Waals surface area (Å²) in [5, 5.41) is 3.32. The summed E-state index contributed by atoms with van der Waals surface area (Å²) in [6.07, 6.45) is 1.44. The molecule has 3 aromatic rings. The summed E-state index contributed by atoms with van der Waals surface area (Å²) >= 11 is 6.04. The second-order valence-corrected chi connectivity index (χ2v) is 5.97. The minimum absolute atomic E-state index is 0.0627. The molecule has 0 aliphatic carbocycles. The maximum absolute atomic E-state index is 13.4. The van der Waals surface area contributed by atoms with Gasteiger partial charge in [-0.25, -0.2) is 4.39 Å². The Labute approximate surface area is 142 Å². The number of aryl methyl sites for hydroxylation is 2. The number of hydrogen-bond donors (Lipinski definition) is 1. The van der Waals surface area contributed by atoms with Gasteiger partial charge in [0.2, 0.25) is 5.43 Å². The molecule has 1 amide bonds. The minimum atomic E-state index is -0.568. The van der Waals surface area contributed by atoms with Crippen LogP contribution in [0, 0.1) is 12.7 Å². The summed E-state index contributed by atoms with van der Waals surface area (Å²) in [5.74, 6) is -1.09. The zero-order valence-electron chi connectivity index (χ0n) is 13.1. The quantitative estimate of drug-likeness (QED) is 0.766. The molecule has 0 radical (unpaired) electrons. The molecular weight excluding hydrogens is 331 g/mol. The zero-order valence-corrected chi connectivity index (χ0v) is 13.8. The topological polar surface area (TPSA) is 51.1 Å². The van der Waals surface area contributed by atoms with Crippen LogP contribution in [0.25, 0.3) is 10.9 Å². The van der Waals surface area contributed by atoms with Crippen LogP contribution in [0.4, 0.5) is 10.1 Å². The van der Waals surface area contributed by atoms with Gasteiger partial charge in [0.05, 0.1) is 5.52 Å². The summed E-state index contributed by atoms with van der Waals surface area (Å²) in [4.78, 5) is 25.0. The second kappa shape index (κ2) is 6.09. The van der Waals surface area contributed by atoms with Gasteiger partial charge in [-0.1, -0.05) is 17.7 Å². The van der Waals surface area contributed by atoms with Crippen LogP contribution in [0.5, 0.6) is 0 Å². The van der Waals surface area contributed by atoms with E-state index >= 15 is 0 Å². The lowest BCUT2D eigenvalue weighted by Crippen LogP contribution is -2.23. The van der Waals surface area contributed by atoms with E-state index in [0.29, 0.717) is 16.2 Å². The van der Waals surface area contributed by atoms with Crippen LogP contribution in [-0.4, -0.2) is 10.5 Å². The highest BCUT2D eigenvalue weighted by Gasteiger charge is 2.15. The summed E-state index contributed by atoms with van der Waals surface area (Å²) in [6, 6.07) is 9.00. The van der Waals surface area contributed by atoms with Gasteiger partial charge in [-0.05, 0) is 42.8 Å². The Hall–Kier alpha value is -2.66. The largest absolute Gasteiger partial charge is 0.350 e. The highest BCUT2D eigenvalue weighted by Crippen LogP contribution is 2.20. The van der Waals surface area contributed by atoms with Crippen LogP contribution in [-0.2, 0) is 7.05 Å². The third-order valence-electron chi connectivity index (χ3n) is 3.82. The number of amides is 1. The fourth-order valence-electron chi connectivity index (χ4n) is 2.50. The molecule has 1 aromatic heterocycles. The Bertz CT molecular complexity index is 1030. The molecule has 0 aliphatic rings. The molecular formula is C18H14ClFN2O2. The molecule has 3 rings (SSSR count). The van der Waals surface area contributed by atoms with Gasteiger partial charge in [0, 0.05) is 29.3 Å². The first-order chi connectivity index (χ1) is 11.4. The van der Waals surface area contributed by atoms with Crippen LogP contribution >= 0.6 is 11.6 Å². The Balaban J connectivity index is 2.05. The van der Waals surface area contributed by atoms with E-state index in [1.807, 2.05) is 6.92 Å². The number of carbonyl (C=O) groups is 1. The van der Waals surface area contributed by atoms with Crippen LogP contribution in [0.1, 0.15) is 15.9 Å². The Kier molecular flexibility index (Phi) is 4.11. The van der Waals surface area contributed by atoms with Gasteiger partial charge in [-0.15, -0.1) is 0 Å². The molecule has 1 heterocycles. The van der Waals surface area contributed by atoms with E-state index in [-0.39, 0.29) is 10.9 Å². The smallest absolute Gasteiger partial charge is 0.261 e. The van der Waals surface area contributed by atoms with E-state index in [4.69, 9.17) is 11.6 Å². The predicted molar refractivity (Wildman–Crippen MR) is 93.3 cm³/mol. The highest BCUT2D eigenvalue weighted by atomic mass is 35.5. The van der Waals surface area contributed by atoms with Crippen molar-refractivity contribution in [3.8, 4) is 0 Å². The van der Waals surface area contributed by atoms with Gasteiger partial charge >= 0.3 is 0 Å². The fraction of sp³-hybridized carbons (Fsp3) is 0.111. The number of hydrogen-bond acceptors (Lipinski definition) is 2. The van der Waals surface area contributed by atoms with Crippen LogP contribution < -0.4 is 10.7 Å². The van der Waals surface area contributed by atoms with Crippen molar-refractivity contribution in [1.29, 1.82) is 0 Å². The number of rotatable bonds is 2. The number of halogens is 2. The lowest BCUT2D eigenvalue weighted by Gasteiger charge is -2.10. The molecule has 0 aliphatic heterocycles. The first-order valence-electron chi connectivity index (χ1n) is 7.23. The van der Waals surface area contributed by atoms with E-state index in [9.17, 15) is 14.0 Å².